The molecule has 1 amide bonds. The van der Waals surface area contributed by atoms with E-state index in [-0.39, 0.29) is 80.0 Å². The fourth-order valence-electron chi connectivity index (χ4n) is 4.20. The van der Waals surface area contributed by atoms with Crippen molar-refractivity contribution in [3.05, 3.63) is 59.5 Å². The second kappa shape index (κ2) is 25.4. The molecule has 4 atom stereocenters. The Bertz CT molecular complexity index is 1430. The molecule has 0 aliphatic rings. The number of benzene rings is 1. The number of aromatic nitrogens is 4. The molecule has 0 radical (unpaired) electrons. The van der Waals surface area contributed by atoms with Crippen molar-refractivity contribution in [3.63, 3.8) is 0 Å². The maximum Gasteiger partial charge on any atom is 0.408 e. The van der Waals surface area contributed by atoms with E-state index >= 15 is 0 Å². The summed E-state index contributed by atoms with van der Waals surface area (Å²) in [7, 11) is 1.00. The van der Waals surface area contributed by atoms with Gasteiger partial charge in [0.15, 0.2) is 0 Å². The normalized spacial score (nSPS) is 13.8. The summed E-state index contributed by atoms with van der Waals surface area (Å²) in [5.41, 5.74) is 5.69. The van der Waals surface area contributed by atoms with Crippen LogP contribution in [-0.4, -0.2) is 84.3 Å². The molecular formula is C37H68N6O11Pd. The van der Waals surface area contributed by atoms with E-state index in [1.165, 1.54) is 0 Å². The molecule has 2 aromatic heterocycles. The second-order valence-corrected chi connectivity index (χ2v) is 16.0. The zero-order chi connectivity index (χ0) is 39.9. The number of carbonyl (C=O) groups excluding carboxylic acids is 1. The van der Waals surface area contributed by atoms with E-state index in [2.05, 4.69) is 25.7 Å². The molecule has 1 aromatic carbocycles. The van der Waals surface area contributed by atoms with E-state index in [4.69, 9.17) is 43.4 Å². The Labute approximate surface area is 340 Å². The molecule has 17 nitrogen and oxygen atoms in total. The van der Waals surface area contributed by atoms with Gasteiger partial charge in [0, 0.05) is 27.5 Å². The minimum atomic E-state index is -0.677. The minimum absolute atomic E-state index is 0. The van der Waals surface area contributed by atoms with Crippen LogP contribution in [0.3, 0.4) is 0 Å². The van der Waals surface area contributed by atoms with Crippen LogP contribution in [-0.2, 0) is 63.9 Å². The molecule has 0 saturated heterocycles. The molecule has 3 rings (SSSR count). The van der Waals surface area contributed by atoms with Crippen molar-refractivity contribution < 1.29 is 73.8 Å². The zero-order valence-electron chi connectivity index (χ0n) is 35.2. The molecule has 0 aliphatic carbocycles. The number of nitrogens with two attached hydrogens (primary N) is 1. The van der Waals surface area contributed by atoms with Gasteiger partial charge in [-0.3, -0.25) is 0 Å². The van der Waals surface area contributed by atoms with Crippen molar-refractivity contribution in [1.29, 1.82) is 0 Å². The first kappa shape index (κ1) is 56.4. The smallest absolute Gasteiger partial charge is 0.408 e. The van der Waals surface area contributed by atoms with Gasteiger partial charge in [0.1, 0.15) is 31.9 Å². The average Bonchev–Trinajstić information content (AvgIpc) is 3.70. The van der Waals surface area contributed by atoms with Crippen molar-refractivity contribution in [1.82, 2.24) is 25.7 Å². The van der Waals surface area contributed by atoms with Gasteiger partial charge in [-0.25, -0.2) is 4.79 Å². The molecule has 0 spiro atoms. The molecule has 2 heterocycles. The largest absolute Gasteiger partial charge is 0.445 e. The van der Waals surface area contributed by atoms with E-state index in [1.807, 2.05) is 127 Å². The molecule has 55 heavy (non-hydrogen) atoms. The van der Waals surface area contributed by atoms with Crippen LogP contribution >= 0.6 is 0 Å². The van der Waals surface area contributed by atoms with Gasteiger partial charge in [-0.05, 0) is 102 Å². The topological polar surface area (TPSA) is 262 Å². The van der Waals surface area contributed by atoms with Crippen molar-refractivity contribution in [2.24, 2.45) is 5.73 Å². The van der Waals surface area contributed by atoms with Crippen LogP contribution in [0, 0.1) is 0 Å². The van der Waals surface area contributed by atoms with Gasteiger partial charge in [0.05, 0.1) is 34.6 Å². The van der Waals surface area contributed by atoms with E-state index in [0.717, 1.165) is 12.7 Å². The molecule has 0 bridgehead atoms. The van der Waals surface area contributed by atoms with Crippen molar-refractivity contribution in [2.45, 2.75) is 163 Å². The van der Waals surface area contributed by atoms with Crippen LogP contribution in [0.2, 0.25) is 0 Å². The number of amides is 1. The Morgan fingerprint density at radius 3 is 1.55 bits per heavy atom. The minimum Gasteiger partial charge on any atom is -0.445 e. The number of ether oxygens (including phenoxy) is 5. The van der Waals surface area contributed by atoms with Crippen LogP contribution in [0.1, 0.15) is 138 Å². The number of carbonyl (C=O) groups is 1. The first-order chi connectivity index (χ1) is 23.9. The van der Waals surface area contributed by atoms with E-state index < -0.39 is 29.9 Å². The monoisotopic (exact) mass is 878 g/mol. The Morgan fingerprint density at radius 1 is 0.691 bits per heavy atom. The second-order valence-electron chi connectivity index (χ2n) is 16.0. The predicted octanol–water partition coefficient (Wildman–Crippen LogP) is 5.10. The summed E-state index contributed by atoms with van der Waals surface area (Å²) in [5, 5.41) is 25.8. The van der Waals surface area contributed by atoms with Gasteiger partial charge in [-0.15, -0.1) is 20.4 Å². The van der Waals surface area contributed by atoms with Gasteiger partial charge in [-0.2, -0.15) is 0 Å². The molecule has 3 aromatic rings. The van der Waals surface area contributed by atoms with E-state index in [9.17, 15) is 4.79 Å². The molecule has 18 heteroatoms. The summed E-state index contributed by atoms with van der Waals surface area (Å²) in [6.07, 6.45) is -1.25. The van der Waals surface area contributed by atoms with Crippen molar-refractivity contribution in [3.8, 4) is 0 Å². The summed E-state index contributed by atoms with van der Waals surface area (Å²) in [6, 6.07) is 8.32. The number of nitrogens with zero attached hydrogens (tertiary/aromatic N) is 4. The fraction of sp³-hybridized carbons (Fsp3) is 0.703. The summed E-state index contributed by atoms with van der Waals surface area (Å²) in [6.45, 7) is 27.8. The molecule has 8 N–H and O–H groups in total. The fourth-order valence-corrected chi connectivity index (χ4v) is 4.20. The SMILES string of the molecule is CC(OC(C)(C)C)[C@H](N)c1nnc(COC(C)(C)C)o1.CC(OC(C)(C)C)[C@H](NC(=O)OCc1ccccc1)c1nnc(COC(C)(C)C)o1.CO.O.O.[Pd]. The summed E-state index contributed by atoms with van der Waals surface area (Å²) in [5.74, 6) is 1.35. The molecule has 0 fully saturated rings. The zero-order valence-corrected chi connectivity index (χ0v) is 36.8. The summed E-state index contributed by atoms with van der Waals surface area (Å²) < 4.78 is 39.7. The molecule has 0 aliphatic heterocycles. The van der Waals surface area contributed by atoms with Crippen LogP contribution < -0.4 is 11.1 Å². The molecule has 0 saturated carbocycles. The molecule has 2 unspecified atom stereocenters. The predicted molar refractivity (Wildman–Crippen MR) is 203 cm³/mol. The third kappa shape index (κ3) is 25.1. The van der Waals surface area contributed by atoms with Crippen LogP contribution in [0.5, 0.6) is 0 Å². The number of aliphatic hydroxyl groups excluding tert-OH is 1. The number of alkyl carbamates (subject to hydrolysis) is 1. The Balaban J connectivity index is -0.000000952. The third-order valence-electron chi connectivity index (χ3n) is 6.31. The van der Waals surface area contributed by atoms with E-state index in [1.54, 1.807) is 0 Å². The Hall–Kier alpha value is -2.89. The van der Waals surface area contributed by atoms with Crippen LogP contribution in [0.25, 0.3) is 0 Å². The van der Waals surface area contributed by atoms with Crippen molar-refractivity contribution in [2.75, 3.05) is 7.11 Å². The maximum atomic E-state index is 12.4. The Morgan fingerprint density at radius 2 is 1.11 bits per heavy atom. The Kier molecular flexibility index (Phi) is 26.0. The standard InChI is InChI=1S/C22H33N3O5.C14H27N3O3.CH4O.2H2O.Pd/c1-15(30-22(5,6)7)18(19-25-24-17(29-19)14-28-21(2,3)4)23-20(26)27-13-16-11-9-8-10-12-16;1-9(20-14(5,6)7)11(15)12-17-16-10(19-12)8-18-13(2,3)4;1-2;;;/h8-12,15,18H,13-14H2,1-7H3,(H,23,26);9,11H,8,15H2,1-7H3;2H,1H3;2*1H2;/t15?,18-;9?,11-;;;;/m00..../s1. The number of nitrogens with one attached hydrogen (secondary N) is 1. The number of rotatable bonds is 13. The summed E-state index contributed by atoms with van der Waals surface area (Å²) in [4.78, 5) is 12.4. The van der Waals surface area contributed by atoms with E-state index in [0.29, 0.717) is 17.7 Å². The number of aliphatic hydroxyl groups is 1. The number of hydrogen-bond acceptors (Lipinski definition) is 14. The van der Waals surface area contributed by atoms with Gasteiger partial charge in [0.2, 0.25) is 23.6 Å². The van der Waals surface area contributed by atoms with Crippen LogP contribution in [0.4, 0.5) is 4.79 Å². The molecular weight excluding hydrogens is 811 g/mol. The summed E-state index contributed by atoms with van der Waals surface area (Å²) >= 11 is 0. The van der Waals surface area contributed by atoms with Gasteiger partial charge >= 0.3 is 6.09 Å². The van der Waals surface area contributed by atoms with Crippen molar-refractivity contribution >= 4 is 6.09 Å². The van der Waals surface area contributed by atoms with Gasteiger partial charge in [0.25, 0.3) is 0 Å². The quantitative estimate of drug-likeness (QED) is 0.189. The molecule has 322 valence electrons. The van der Waals surface area contributed by atoms with Gasteiger partial charge < -0.3 is 59.6 Å². The first-order valence-corrected chi connectivity index (χ1v) is 17.4. The van der Waals surface area contributed by atoms with Gasteiger partial charge in [-0.1, -0.05) is 30.3 Å². The maximum absolute atomic E-state index is 12.4. The van der Waals surface area contributed by atoms with Crippen LogP contribution in [0.15, 0.2) is 39.2 Å². The first-order valence-electron chi connectivity index (χ1n) is 17.4. The third-order valence-corrected chi connectivity index (χ3v) is 6.31. The number of hydrogen-bond donors (Lipinski definition) is 3. The average molecular weight is 879 g/mol.